The maximum Gasteiger partial charge on any atom is 0.352 e. The summed E-state index contributed by atoms with van der Waals surface area (Å²) in [4.78, 5) is 54.1. The molecule has 2 atom stereocenters. The Kier molecular flexibility index (Phi) is 9.86. The van der Waals surface area contributed by atoms with Gasteiger partial charge < -0.3 is 26.0 Å². The number of anilines is 1. The van der Waals surface area contributed by atoms with Crippen LogP contribution >= 0.6 is 23.3 Å². The molecule has 0 radical (unpaired) electrons. The number of nitrogens with two attached hydrogens (primary N) is 2. The lowest BCUT2D eigenvalue weighted by Gasteiger charge is -2.49. The average molecular weight is 729 g/mol. The van der Waals surface area contributed by atoms with Crippen LogP contribution in [-0.4, -0.2) is 77.4 Å². The van der Waals surface area contributed by atoms with E-state index in [0.29, 0.717) is 29.7 Å². The zero-order valence-electron chi connectivity index (χ0n) is 28.0. The molecule has 4 aromatic rings. The van der Waals surface area contributed by atoms with Gasteiger partial charge in [0.1, 0.15) is 24.2 Å². The van der Waals surface area contributed by atoms with Gasteiger partial charge in [0, 0.05) is 59.7 Å². The molecule has 1 saturated heterocycles. The summed E-state index contributed by atoms with van der Waals surface area (Å²) in [6.07, 6.45) is 9.63. The van der Waals surface area contributed by atoms with Crippen LogP contribution in [0, 0.1) is 5.92 Å². The van der Waals surface area contributed by atoms with Crippen LogP contribution in [-0.2, 0) is 32.3 Å². The zero-order chi connectivity index (χ0) is 35.6. The summed E-state index contributed by atoms with van der Waals surface area (Å²) >= 11 is 2.35. The van der Waals surface area contributed by atoms with Crippen LogP contribution in [0.2, 0.25) is 0 Å². The smallest absolute Gasteiger partial charge is 0.352 e. The van der Waals surface area contributed by atoms with E-state index in [1.165, 1.54) is 43.0 Å². The van der Waals surface area contributed by atoms with E-state index < -0.39 is 29.0 Å². The third-order valence-corrected chi connectivity index (χ3v) is 11.5. The van der Waals surface area contributed by atoms with E-state index in [1.54, 1.807) is 0 Å². The number of rotatable bonds is 12. The predicted octanol–water partition coefficient (Wildman–Crippen LogP) is 3.33. The highest BCUT2D eigenvalue weighted by Gasteiger charge is 2.54. The minimum atomic E-state index is -1.18. The van der Waals surface area contributed by atoms with Crippen molar-refractivity contribution in [1.82, 2.24) is 18.8 Å². The Morgan fingerprint density at radius 3 is 2.63 bits per heavy atom. The summed E-state index contributed by atoms with van der Waals surface area (Å²) < 4.78 is 8.19. The quantitative estimate of drug-likeness (QED) is 0.0640. The van der Waals surface area contributed by atoms with Crippen molar-refractivity contribution in [3.05, 3.63) is 83.1 Å². The molecule has 3 aliphatic rings. The van der Waals surface area contributed by atoms with Gasteiger partial charge in [0.05, 0.1) is 17.3 Å². The number of hydrogen-bond donors (Lipinski definition) is 3. The van der Waals surface area contributed by atoms with Gasteiger partial charge in [-0.15, -0.1) is 11.8 Å². The van der Waals surface area contributed by atoms with Gasteiger partial charge in [0.2, 0.25) is 17.2 Å². The minimum absolute atomic E-state index is 0.0239. The van der Waals surface area contributed by atoms with Gasteiger partial charge in [0.15, 0.2) is 29.4 Å². The molecule has 0 unspecified atom stereocenters. The number of amidine groups is 1. The molecule has 1 aromatic carbocycles. The van der Waals surface area contributed by atoms with Gasteiger partial charge in [-0.3, -0.25) is 19.5 Å². The largest absolute Gasteiger partial charge is 0.477 e. The number of carboxylic acid groups (broad SMARTS) is 1. The number of aliphatic imine (C=N–C) groups is 1. The standard InChI is InChI=1S/C35H37N9O5S2/c1-49-40-28(31-39-35(37)51-41-31)27(45)16-24-32(46)44-29(34(47)48)22(19-50-33(24)44)18-42-14-5-8-25-26(42)13-15-43(25)17-20-9-11-21(12-10-20)30(36)38-23-6-3-2-4-7-23/h5,8-15,23-24,33H,2-4,6-7,16-19H2,1H3,(H4-,36,37,38,39,41,47,48)/p+1/b40-28+/t24-,33-/m1/s1. The van der Waals surface area contributed by atoms with Crippen LogP contribution in [0.15, 0.2) is 76.3 Å². The second-order valence-corrected chi connectivity index (χ2v) is 14.7. The van der Waals surface area contributed by atoms with Crippen molar-refractivity contribution in [3.63, 3.8) is 0 Å². The number of thioether (sulfide) groups is 1. The SMILES string of the molecule is CO/N=C(\C(=O)C[C@@H]1C(=O)N2C(C(=O)O)=C(C[n+]3cccc4c3ccn4Cc3ccc(C(N)=NC4CCCCC4)cc3)CS[C@H]12)c1nsc(N)n1. The Morgan fingerprint density at radius 2 is 1.92 bits per heavy atom. The Balaban J connectivity index is 1.06. The van der Waals surface area contributed by atoms with Gasteiger partial charge in [-0.2, -0.15) is 13.9 Å². The molecule has 1 aliphatic carbocycles. The average Bonchev–Trinajstić information content (AvgIpc) is 3.76. The number of fused-ring (bicyclic) bond motifs is 2. The van der Waals surface area contributed by atoms with E-state index in [1.807, 2.05) is 47.3 Å². The normalized spacial score (nSPS) is 20.0. The van der Waals surface area contributed by atoms with Gasteiger partial charge in [0.25, 0.3) is 0 Å². The molecule has 16 heteroatoms. The molecule has 14 nitrogen and oxygen atoms in total. The van der Waals surface area contributed by atoms with Crippen molar-refractivity contribution < 1.29 is 28.9 Å². The molecule has 2 aliphatic heterocycles. The number of aliphatic carboxylic acids is 1. The number of carbonyl (C=O) groups is 3. The number of ketones is 1. The first-order chi connectivity index (χ1) is 24.7. The van der Waals surface area contributed by atoms with Crippen LogP contribution in [0.4, 0.5) is 5.13 Å². The first-order valence-electron chi connectivity index (χ1n) is 16.8. The fraction of sp³-hybridized carbons (Fsp3) is 0.371. The second kappa shape index (κ2) is 14.6. The Bertz CT molecular complexity index is 2080. The topological polar surface area (TPSA) is 195 Å². The third kappa shape index (κ3) is 6.97. The van der Waals surface area contributed by atoms with Gasteiger partial charge in [-0.05, 0) is 24.5 Å². The van der Waals surface area contributed by atoms with Crippen molar-refractivity contribution in [1.29, 1.82) is 0 Å². The van der Waals surface area contributed by atoms with Crippen molar-refractivity contribution in [2.24, 2.45) is 21.8 Å². The van der Waals surface area contributed by atoms with Crippen molar-refractivity contribution >= 4 is 68.7 Å². The number of Topliss-reactive ketones (excluding diaryl/α,β-unsaturated/α-hetero) is 1. The van der Waals surface area contributed by atoms with E-state index in [4.69, 9.17) is 21.3 Å². The Morgan fingerprint density at radius 1 is 1.14 bits per heavy atom. The lowest BCUT2D eigenvalue weighted by molar-refractivity contribution is -0.663. The lowest BCUT2D eigenvalue weighted by atomic mass is 9.89. The van der Waals surface area contributed by atoms with Crippen LogP contribution in [0.1, 0.15) is 55.5 Å². The molecular weight excluding hydrogens is 691 g/mol. The predicted molar refractivity (Wildman–Crippen MR) is 194 cm³/mol. The highest BCUT2D eigenvalue weighted by Crippen LogP contribution is 2.45. The molecule has 0 spiro atoms. The number of carboxylic acids is 1. The lowest BCUT2D eigenvalue weighted by Crippen LogP contribution is -2.62. The zero-order valence-corrected chi connectivity index (χ0v) is 29.6. The molecule has 5 N–H and O–H groups in total. The summed E-state index contributed by atoms with van der Waals surface area (Å²) in [5.41, 5.74) is 16.4. The first-order valence-corrected chi connectivity index (χ1v) is 18.6. The van der Waals surface area contributed by atoms with Crippen molar-refractivity contribution in [2.45, 2.75) is 63.0 Å². The second-order valence-electron chi connectivity index (χ2n) is 12.8. The van der Waals surface area contributed by atoms with Crippen LogP contribution in [0.5, 0.6) is 0 Å². The molecular formula is C35H38N9O5S2+. The molecule has 264 valence electrons. The monoisotopic (exact) mass is 728 g/mol. The molecule has 2 fully saturated rings. The maximum atomic E-state index is 13.4. The van der Waals surface area contributed by atoms with E-state index in [2.05, 4.69) is 31.2 Å². The number of nitrogen functional groups attached to an aromatic ring is 1. The fourth-order valence-electron chi connectivity index (χ4n) is 7.03. The number of carbonyl (C=O) groups excluding carboxylic acids is 2. The first kappa shape index (κ1) is 34.4. The highest BCUT2D eigenvalue weighted by atomic mass is 32.2. The minimum Gasteiger partial charge on any atom is -0.477 e. The number of amides is 1. The van der Waals surface area contributed by atoms with Crippen LogP contribution < -0.4 is 16.0 Å². The van der Waals surface area contributed by atoms with Crippen molar-refractivity contribution in [3.8, 4) is 0 Å². The number of β-lactam (4-membered cyclic amide) rings is 1. The summed E-state index contributed by atoms with van der Waals surface area (Å²) in [6, 6.07) is 14.5. The van der Waals surface area contributed by atoms with E-state index in [-0.39, 0.29) is 35.3 Å². The summed E-state index contributed by atoms with van der Waals surface area (Å²) in [5.74, 6) is -1.83. The van der Waals surface area contributed by atoms with Gasteiger partial charge >= 0.3 is 5.97 Å². The Labute approximate surface area is 302 Å². The number of oxime groups is 1. The molecule has 1 saturated carbocycles. The van der Waals surface area contributed by atoms with E-state index in [9.17, 15) is 19.5 Å². The number of pyridine rings is 1. The maximum absolute atomic E-state index is 13.4. The van der Waals surface area contributed by atoms with E-state index >= 15 is 0 Å². The van der Waals surface area contributed by atoms with Crippen LogP contribution in [0.25, 0.3) is 11.0 Å². The molecule has 51 heavy (non-hydrogen) atoms. The molecule has 1 amide bonds. The summed E-state index contributed by atoms with van der Waals surface area (Å²) in [6.45, 7) is 0.922. The van der Waals surface area contributed by atoms with Gasteiger partial charge in [-0.25, -0.2) is 4.79 Å². The molecule has 7 rings (SSSR count). The number of benzene rings is 1. The van der Waals surface area contributed by atoms with E-state index in [0.717, 1.165) is 46.5 Å². The number of aromatic nitrogens is 4. The third-order valence-electron chi connectivity index (χ3n) is 9.54. The molecule has 5 heterocycles. The Hall–Kier alpha value is -5.09. The number of nitrogens with zero attached hydrogens (tertiary/aromatic N) is 7. The van der Waals surface area contributed by atoms with Gasteiger partial charge in [-0.1, -0.05) is 48.7 Å². The molecule has 0 bridgehead atoms. The summed E-state index contributed by atoms with van der Waals surface area (Å²) in [5, 5.41) is 13.7. The molecule has 3 aromatic heterocycles. The summed E-state index contributed by atoms with van der Waals surface area (Å²) in [7, 11) is 1.29. The highest BCUT2D eigenvalue weighted by molar-refractivity contribution is 8.00. The fourth-order valence-corrected chi connectivity index (χ4v) is 8.87. The number of hydrogen-bond acceptors (Lipinski definition) is 11. The van der Waals surface area contributed by atoms with Crippen molar-refractivity contribution in [2.75, 3.05) is 18.6 Å². The van der Waals surface area contributed by atoms with Crippen LogP contribution in [0.3, 0.4) is 0 Å².